The van der Waals surface area contributed by atoms with Gasteiger partial charge in [-0.1, -0.05) is 168 Å². The van der Waals surface area contributed by atoms with Gasteiger partial charge < -0.3 is 15.3 Å². The molecule has 3 N–H and O–H groups in total. The van der Waals surface area contributed by atoms with E-state index in [-0.39, 0.29) is 12.8 Å². The first-order valence-corrected chi connectivity index (χ1v) is 19.9. The van der Waals surface area contributed by atoms with E-state index in [1.807, 2.05) is 0 Å². The highest BCUT2D eigenvalue weighted by Gasteiger charge is 2.56. The number of Topliss-reactive ketones (excluding diaryl/α,β-unsaturated/α-hetero) is 1. The Morgan fingerprint density at radius 1 is 0.553 bits per heavy atom. The number of amides is 2. The van der Waals surface area contributed by atoms with Crippen LogP contribution in [0, 0.1) is 0 Å². The van der Waals surface area contributed by atoms with Crippen molar-refractivity contribution in [3.63, 3.8) is 0 Å². The minimum atomic E-state index is -2.67. The van der Waals surface area contributed by atoms with Gasteiger partial charge in [-0.25, -0.2) is 4.79 Å². The molecule has 0 fully saturated rings. The number of carbonyl (C=O) groups is 4. The van der Waals surface area contributed by atoms with E-state index in [2.05, 4.69) is 26.5 Å². The van der Waals surface area contributed by atoms with Crippen molar-refractivity contribution in [2.75, 3.05) is 12.4 Å². The molecule has 0 aromatic rings. The molecule has 0 spiro atoms. The number of ketones is 1. The smallest absolute Gasteiger partial charge is 0.338 e. The summed E-state index contributed by atoms with van der Waals surface area (Å²) in [7, 11) is 0. The van der Waals surface area contributed by atoms with E-state index >= 15 is 0 Å². The fourth-order valence-electron chi connectivity index (χ4n) is 6.26. The topological polar surface area (TPSA) is 132 Å². The van der Waals surface area contributed by atoms with Crippen LogP contribution in [-0.4, -0.2) is 67.8 Å². The molecule has 9 heteroatoms. The Bertz CT molecular complexity index is 782. The Hall–Kier alpha value is -1.45. The standard InChI is InChI=1S/C38H71NO7S/c1-3-5-7-9-11-13-15-17-19-21-23-25-27-29-34(42)39(38(32-47,37(45)46)36(44)33(41)31-40)35(43)30-28-26-24-22-20-18-16-14-12-10-8-6-4-2/h33,40-41,47H,3-32H2,1-2H3,(H,45,46)/t33-,38?/m0/s1. The minimum absolute atomic E-state index is 0.0760. The highest BCUT2D eigenvalue weighted by molar-refractivity contribution is 7.80. The Morgan fingerprint density at radius 2 is 0.830 bits per heavy atom. The number of hydrogen-bond acceptors (Lipinski definition) is 7. The second-order valence-electron chi connectivity index (χ2n) is 13.5. The second kappa shape index (κ2) is 30.6. The summed E-state index contributed by atoms with van der Waals surface area (Å²) >= 11 is 4.09. The van der Waals surface area contributed by atoms with E-state index in [1.54, 1.807) is 0 Å². The van der Waals surface area contributed by atoms with Crippen molar-refractivity contribution in [1.29, 1.82) is 0 Å². The zero-order valence-corrected chi connectivity index (χ0v) is 31.1. The summed E-state index contributed by atoms with van der Waals surface area (Å²) in [6.07, 6.45) is 27.1. The molecule has 0 aromatic carbocycles. The van der Waals surface area contributed by atoms with Crippen molar-refractivity contribution in [3.8, 4) is 0 Å². The highest BCUT2D eigenvalue weighted by atomic mass is 32.1. The number of carboxylic acids is 1. The summed E-state index contributed by atoms with van der Waals surface area (Å²) in [5, 5.41) is 29.7. The maximum absolute atomic E-state index is 13.5. The average molecular weight is 686 g/mol. The number of aliphatic hydroxyl groups is 2. The third-order valence-corrected chi connectivity index (χ3v) is 9.79. The van der Waals surface area contributed by atoms with Crippen molar-refractivity contribution in [3.05, 3.63) is 0 Å². The molecule has 47 heavy (non-hydrogen) atoms. The van der Waals surface area contributed by atoms with Crippen LogP contribution in [-0.2, 0) is 19.2 Å². The van der Waals surface area contributed by atoms with Crippen LogP contribution in [0.1, 0.15) is 194 Å². The lowest BCUT2D eigenvalue weighted by molar-refractivity contribution is -0.172. The minimum Gasteiger partial charge on any atom is -0.479 e. The largest absolute Gasteiger partial charge is 0.479 e. The van der Waals surface area contributed by atoms with E-state index in [1.165, 1.54) is 103 Å². The van der Waals surface area contributed by atoms with E-state index in [4.69, 9.17) is 0 Å². The quantitative estimate of drug-likeness (QED) is 0.0302. The predicted octanol–water partition coefficient (Wildman–Crippen LogP) is 8.98. The van der Waals surface area contributed by atoms with E-state index in [0.717, 1.165) is 51.4 Å². The van der Waals surface area contributed by atoms with Crippen LogP contribution in [0.5, 0.6) is 0 Å². The summed E-state index contributed by atoms with van der Waals surface area (Å²) in [5.74, 6) is -5.22. The Labute approximate surface area is 292 Å². The van der Waals surface area contributed by atoms with E-state index in [0.29, 0.717) is 17.7 Å². The zero-order chi connectivity index (χ0) is 35.2. The van der Waals surface area contributed by atoms with Crippen LogP contribution in [0.15, 0.2) is 0 Å². The molecule has 0 saturated carbocycles. The molecule has 0 radical (unpaired) electrons. The third kappa shape index (κ3) is 20.0. The molecule has 2 atom stereocenters. The van der Waals surface area contributed by atoms with Gasteiger partial charge in [0.15, 0.2) is 0 Å². The number of aliphatic carboxylic acids is 1. The van der Waals surface area contributed by atoms with E-state index in [9.17, 15) is 34.5 Å². The molecule has 0 heterocycles. The van der Waals surface area contributed by atoms with Gasteiger partial charge in [0.1, 0.15) is 6.10 Å². The number of carbonyl (C=O) groups excluding carboxylic acids is 3. The Morgan fingerprint density at radius 3 is 1.06 bits per heavy atom. The molecule has 0 saturated heterocycles. The van der Waals surface area contributed by atoms with Gasteiger partial charge in [0, 0.05) is 18.6 Å². The van der Waals surface area contributed by atoms with Gasteiger partial charge in [-0.15, -0.1) is 0 Å². The predicted molar refractivity (Wildman–Crippen MR) is 195 cm³/mol. The number of unbranched alkanes of at least 4 members (excludes halogenated alkanes) is 24. The van der Waals surface area contributed by atoms with Crippen molar-refractivity contribution in [1.82, 2.24) is 4.90 Å². The maximum atomic E-state index is 13.5. The second-order valence-corrected chi connectivity index (χ2v) is 13.8. The maximum Gasteiger partial charge on any atom is 0.338 e. The van der Waals surface area contributed by atoms with Gasteiger partial charge in [0.2, 0.25) is 23.1 Å². The molecular weight excluding hydrogens is 614 g/mol. The first-order chi connectivity index (χ1) is 22.7. The Balaban J connectivity index is 4.87. The zero-order valence-electron chi connectivity index (χ0n) is 30.2. The van der Waals surface area contributed by atoms with Crippen LogP contribution >= 0.6 is 12.6 Å². The summed E-state index contributed by atoms with van der Waals surface area (Å²) in [4.78, 5) is 53.1. The van der Waals surface area contributed by atoms with Crippen molar-refractivity contribution in [2.24, 2.45) is 0 Å². The number of rotatable bonds is 34. The van der Waals surface area contributed by atoms with Crippen LogP contribution in [0.25, 0.3) is 0 Å². The van der Waals surface area contributed by atoms with Gasteiger partial charge in [-0.3, -0.25) is 19.3 Å². The van der Waals surface area contributed by atoms with Crippen LogP contribution in [0.2, 0.25) is 0 Å². The van der Waals surface area contributed by atoms with Gasteiger partial charge in [-0.2, -0.15) is 12.6 Å². The molecule has 8 nitrogen and oxygen atoms in total. The first-order valence-electron chi connectivity index (χ1n) is 19.3. The number of nitrogens with zero attached hydrogens (tertiary/aromatic N) is 1. The lowest BCUT2D eigenvalue weighted by atomic mass is 9.89. The molecule has 0 aliphatic heterocycles. The molecule has 0 bridgehead atoms. The Kier molecular flexibility index (Phi) is 29.7. The molecule has 0 aliphatic rings. The summed E-state index contributed by atoms with van der Waals surface area (Å²) in [6, 6.07) is 0. The van der Waals surface area contributed by atoms with Gasteiger partial charge >= 0.3 is 5.97 Å². The molecule has 0 rings (SSSR count). The molecule has 1 unspecified atom stereocenters. The normalized spacial score (nSPS) is 13.3. The van der Waals surface area contributed by atoms with Crippen molar-refractivity contribution >= 4 is 36.2 Å². The number of hydrogen-bond donors (Lipinski definition) is 4. The summed E-state index contributed by atoms with van der Waals surface area (Å²) < 4.78 is 0. The molecule has 2 amide bonds. The fraction of sp³-hybridized carbons (Fsp3) is 0.895. The van der Waals surface area contributed by atoms with Crippen molar-refractivity contribution < 1.29 is 34.5 Å². The number of thiol groups is 1. The molecule has 276 valence electrons. The van der Waals surface area contributed by atoms with Crippen LogP contribution in [0.4, 0.5) is 0 Å². The number of aliphatic hydroxyl groups excluding tert-OH is 2. The van der Waals surface area contributed by atoms with Crippen LogP contribution in [0.3, 0.4) is 0 Å². The first kappa shape index (κ1) is 45.6. The average Bonchev–Trinajstić information content (AvgIpc) is 3.06. The SMILES string of the molecule is CCCCCCCCCCCCCCCC(=O)N(C(=O)CCCCCCCCCCCCCCC)C(CS)(C(=O)O)C(=O)[C@@H](O)CO. The van der Waals surface area contributed by atoms with Crippen molar-refractivity contribution in [2.45, 2.75) is 205 Å². The third-order valence-electron chi connectivity index (χ3n) is 9.33. The summed E-state index contributed by atoms with van der Waals surface area (Å²) in [6.45, 7) is 3.43. The highest BCUT2D eigenvalue weighted by Crippen LogP contribution is 2.26. The fourth-order valence-corrected chi connectivity index (χ4v) is 6.69. The van der Waals surface area contributed by atoms with Gasteiger partial charge in [0.25, 0.3) is 0 Å². The lowest BCUT2D eigenvalue weighted by Gasteiger charge is -2.38. The summed E-state index contributed by atoms with van der Waals surface area (Å²) in [5.41, 5.74) is -2.67. The van der Waals surface area contributed by atoms with Gasteiger partial charge in [0.05, 0.1) is 6.61 Å². The molecule has 0 aromatic heterocycles. The van der Waals surface area contributed by atoms with Crippen LogP contribution < -0.4 is 0 Å². The number of carboxylic acid groups (broad SMARTS) is 1. The monoisotopic (exact) mass is 685 g/mol. The number of imide groups is 1. The van der Waals surface area contributed by atoms with Gasteiger partial charge in [-0.05, 0) is 12.8 Å². The van der Waals surface area contributed by atoms with E-state index < -0.39 is 47.6 Å². The lowest BCUT2D eigenvalue weighted by Crippen LogP contribution is -2.67. The molecule has 0 aliphatic carbocycles. The molecular formula is C38H71NO7S.